The van der Waals surface area contributed by atoms with Gasteiger partial charge >= 0.3 is 0 Å². The van der Waals surface area contributed by atoms with Crippen molar-refractivity contribution in [2.24, 2.45) is 7.05 Å². The summed E-state index contributed by atoms with van der Waals surface area (Å²) in [5, 5.41) is 8.76. The molecule has 0 radical (unpaired) electrons. The number of hydrogen-bond donors (Lipinski definition) is 0. The van der Waals surface area contributed by atoms with Gasteiger partial charge in [0.05, 0.1) is 23.5 Å². The Bertz CT molecular complexity index is 291. The lowest BCUT2D eigenvalue weighted by Gasteiger charge is -2.10. The maximum absolute atomic E-state index is 8.76. The molecule has 11 heavy (non-hydrogen) atoms. The van der Waals surface area contributed by atoms with Crippen LogP contribution in [0.4, 0.5) is 0 Å². The SMILES string of the molecule is Cn1cnc(C(C)(C)C#N)c1. The minimum atomic E-state index is -0.471. The Morgan fingerprint density at radius 1 is 1.64 bits per heavy atom. The van der Waals surface area contributed by atoms with Crippen LogP contribution in [0.15, 0.2) is 12.5 Å². The normalized spacial score (nSPS) is 11.1. The van der Waals surface area contributed by atoms with Crippen LogP contribution in [0.1, 0.15) is 19.5 Å². The molecule has 1 rings (SSSR count). The second kappa shape index (κ2) is 2.39. The Hall–Kier alpha value is -1.30. The van der Waals surface area contributed by atoms with Crippen molar-refractivity contribution < 1.29 is 0 Å². The topological polar surface area (TPSA) is 41.6 Å². The van der Waals surface area contributed by atoms with Crippen molar-refractivity contribution in [3.63, 3.8) is 0 Å². The molecule has 1 heterocycles. The lowest BCUT2D eigenvalue weighted by Crippen LogP contribution is -2.14. The molecule has 0 aliphatic rings. The lowest BCUT2D eigenvalue weighted by molar-refractivity contribution is 0.663. The average Bonchev–Trinajstić information content (AvgIpc) is 2.36. The molecule has 3 heteroatoms. The van der Waals surface area contributed by atoms with Gasteiger partial charge in [-0.25, -0.2) is 4.98 Å². The van der Waals surface area contributed by atoms with Crippen LogP contribution in [0, 0.1) is 11.3 Å². The molecular formula is C8H11N3. The third-order valence-corrected chi connectivity index (χ3v) is 1.62. The van der Waals surface area contributed by atoms with Gasteiger partial charge in [0.2, 0.25) is 0 Å². The first-order valence-electron chi connectivity index (χ1n) is 3.46. The van der Waals surface area contributed by atoms with Crippen molar-refractivity contribution in [2.75, 3.05) is 0 Å². The van der Waals surface area contributed by atoms with E-state index in [2.05, 4.69) is 11.1 Å². The number of nitrogens with zero attached hydrogens (tertiary/aromatic N) is 3. The molecule has 1 aromatic heterocycles. The molecule has 1 aromatic rings. The van der Waals surface area contributed by atoms with Gasteiger partial charge in [-0.15, -0.1) is 0 Å². The quantitative estimate of drug-likeness (QED) is 0.602. The highest BCUT2D eigenvalue weighted by atomic mass is 15.0. The summed E-state index contributed by atoms with van der Waals surface area (Å²) >= 11 is 0. The van der Waals surface area contributed by atoms with Crippen LogP contribution >= 0.6 is 0 Å². The zero-order valence-electron chi connectivity index (χ0n) is 7.00. The molecule has 0 atom stereocenters. The predicted molar refractivity (Wildman–Crippen MR) is 41.8 cm³/mol. The molecular weight excluding hydrogens is 138 g/mol. The highest BCUT2D eigenvalue weighted by molar-refractivity contribution is 5.20. The molecule has 0 bridgehead atoms. The fourth-order valence-corrected chi connectivity index (χ4v) is 0.793. The summed E-state index contributed by atoms with van der Waals surface area (Å²) < 4.78 is 1.84. The summed E-state index contributed by atoms with van der Waals surface area (Å²) in [6, 6.07) is 2.20. The maximum Gasteiger partial charge on any atom is 0.0952 e. The van der Waals surface area contributed by atoms with Gasteiger partial charge in [0, 0.05) is 13.2 Å². The zero-order chi connectivity index (χ0) is 8.48. The second-order valence-electron chi connectivity index (χ2n) is 3.16. The minimum absolute atomic E-state index is 0.471. The van der Waals surface area contributed by atoms with E-state index in [9.17, 15) is 0 Å². The van der Waals surface area contributed by atoms with Gasteiger partial charge in [-0.05, 0) is 13.8 Å². The van der Waals surface area contributed by atoms with Crippen molar-refractivity contribution in [3.8, 4) is 6.07 Å². The summed E-state index contributed by atoms with van der Waals surface area (Å²) in [5.74, 6) is 0. The fourth-order valence-electron chi connectivity index (χ4n) is 0.793. The van der Waals surface area contributed by atoms with E-state index in [4.69, 9.17) is 5.26 Å². The second-order valence-corrected chi connectivity index (χ2v) is 3.16. The molecule has 0 aliphatic carbocycles. The van der Waals surface area contributed by atoms with Gasteiger partial charge in [0.15, 0.2) is 0 Å². The third-order valence-electron chi connectivity index (χ3n) is 1.62. The number of aryl methyl sites for hydroxylation is 1. The van der Waals surface area contributed by atoms with E-state index >= 15 is 0 Å². The van der Waals surface area contributed by atoms with Gasteiger partial charge in [0.25, 0.3) is 0 Å². The Morgan fingerprint density at radius 2 is 2.27 bits per heavy atom. The van der Waals surface area contributed by atoms with Gasteiger partial charge < -0.3 is 4.57 Å². The first-order chi connectivity index (χ1) is 5.06. The summed E-state index contributed by atoms with van der Waals surface area (Å²) in [6.45, 7) is 3.71. The molecule has 0 spiro atoms. The van der Waals surface area contributed by atoms with Crippen molar-refractivity contribution in [3.05, 3.63) is 18.2 Å². The van der Waals surface area contributed by atoms with E-state index in [-0.39, 0.29) is 0 Å². The molecule has 0 unspecified atom stereocenters. The summed E-state index contributed by atoms with van der Waals surface area (Å²) in [4.78, 5) is 4.10. The largest absolute Gasteiger partial charge is 0.340 e. The van der Waals surface area contributed by atoms with Crippen LogP contribution in [0.5, 0.6) is 0 Å². The smallest absolute Gasteiger partial charge is 0.0952 e. The molecule has 58 valence electrons. The molecule has 0 N–H and O–H groups in total. The van der Waals surface area contributed by atoms with Gasteiger partial charge in [0.1, 0.15) is 0 Å². The highest BCUT2D eigenvalue weighted by Crippen LogP contribution is 2.18. The Kier molecular flexibility index (Phi) is 1.69. The molecule has 0 amide bonds. The van der Waals surface area contributed by atoms with Crippen molar-refractivity contribution in [1.82, 2.24) is 9.55 Å². The first-order valence-corrected chi connectivity index (χ1v) is 3.46. The van der Waals surface area contributed by atoms with Crippen LogP contribution in [0.25, 0.3) is 0 Å². The van der Waals surface area contributed by atoms with Crippen LogP contribution < -0.4 is 0 Å². The van der Waals surface area contributed by atoms with E-state index < -0.39 is 5.41 Å². The van der Waals surface area contributed by atoms with Crippen LogP contribution in [0.2, 0.25) is 0 Å². The summed E-state index contributed by atoms with van der Waals surface area (Å²) in [7, 11) is 1.89. The number of hydrogen-bond acceptors (Lipinski definition) is 2. The number of nitriles is 1. The lowest BCUT2D eigenvalue weighted by atomic mass is 9.92. The first kappa shape index (κ1) is 7.80. The number of aromatic nitrogens is 2. The van der Waals surface area contributed by atoms with E-state index in [0.29, 0.717) is 0 Å². The fraction of sp³-hybridized carbons (Fsp3) is 0.500. The predicted octanol–water partition coefficient (Wildman–Crippen LogP) is 1.22. The Labute approximate surface area is 66.3 Å². The summed E-state index contributed by atoms with van der Waals surface area (Å²) in [5.41, 5.74) is 0.351. The van der Waals surface area contributed by atoms with E-state index in [0.717, 1.165) is 5.69 Å². The van der Waals surface area contributed by atoms with Crippen molar-refractivity contribution in [1.29, 1.82) is 5.26 Å². The Morgan fingerprint density at radius 3 is 2.64 bits per heavy atom. The van der Waals surface area contributed by atoms with Gasteiger partial charge in [-0.1, -0.05) is 0 Å². The minimum Gasteiger partial charge on any atom is -0.340 e. The number of imidazole rings is 1. The van der Waals surface area contributed by atoms with Crippen LogP contribution in [-0.2, 0) is 12.5 Å². The van der Waals surface area contributed by atoms with Gasteiger partial charge in [-0.2, -0.15) is 5.26 Å². The highest BCUT2D eigenvalue weighted by Gasteiger charge is 2.21. The van der Waals surface area contributed by atoms with Gasteiger partial charge in [-0.3, -0.25) is 0 Å². The molecule has 0 aliphatic heterocycles. The third kappa shape index (κ3) is 1.40. The standard InChI is InChI=1S/C8H11N3/c1-8(2,5-9)7-4-11(3)6-10-7/h4,6H,1-3H3. The van der Waals surface area contributed by atoms with Crippen molar-refractivity contribution in [2.45, 2.75) is 19.3 Å². The number of rotatable bonds is 1. The molecule has 0 aromatic carbocycles. The average molecular weight is 149 g/mol. The van der Waals surface area contributed by atoms with Crippen LogP contribution in [-0.4, -0.2) is 9.55 Å². The monoisotopic (exact) mass is 149 g/mol. The molecule has 0 fully saturated rings. The summed E-state index contributed by atoms with van der Waals surface area (Å²) in [6.07, 6.45) is 3.57. The van der Waals surface area contributed by atoms with E-state index in [1.807, 2.05) is 31.7 Å². The van der Waals surface area contributed by atoms with Crippen LogP contribution in [0.3, 0.4) is 0 Å². The molecule has 3 nitrogen and oxygen atoms in total. The Balaban J connectivity index is 3.04. The van der Waals surface area contributed by atoms with E-state index in [1.165, 1.54) is 0 Å². The molecule has 0 saturated heterocycles. The molecule has 0 saturated carbocycles. The van der Waals surface area contributed by atoms with E-state index in [1.54, 1.807) is 6.33 Å². The van der Waals surface area contributed by atoms with Crippen molar-refractivity contribution >= 4 is 0 Å². The maximum atomic E-state index is 8.76. The zero-order valence-corrected chi connectivity index (χ0v) is 7.00.